The van der Waals surface area contributed by atoms with Crippen LogP contribution in [0.4, 0.5) is 0 Å². The quantitative estimate of drug-likeness (QED) is 0.508. The summed E-state index contributed by atoms with van der Waals surface area (Å²) < 4.78 is 15.0. The molecule has 48 valence electrons. The summed E-state index contributed by atoms with van der Waals surface area (Å²) in [5.41, 5.74) is 0. The average Bonchev–Trinajstić information content (AvgIpc) is 2.14. The van der Waals surface area contributed by atoms with Crippen LogP contribution in [0.3, 0.4) is 0 Å². The first kappa shape index (κ1) is 6.43. The molecule has 0 amide bonds. The fourth-order valence-corrected chi connectivity index (χ4v) is 1.41. The second-order valence-electron chi connectivity index (χ2n) is 1.62. The number of hydrogen-bond donors (Lipinski definition) is 0. The van der Waals surface area contributed by atoms with Crippen molar-refractivity contribution in [2.45, 2.75) is 13.0 Å². The van der Waals surface area contributed by atoms with Crippen LogP contribution in [-0.2, 0) is 13.6 Å². The lowest BCUT2D eigenvalue weighted by Gasteiger charge is -2.01. The van der Waals surface area contributed by atoms with Crippen molar-refractivity contribution in [2.75, 3.05) is 13.7 Å². The molecule has 0 aromatic heterocycles. The number of rotatable bonds is 1. The highest BCUT2D eigenvalue weighted by atomic mass is 31.2. The molecule has 0 unspecified atom stereocenters. The van der Waals surface area contributed by atoms with E-state index in [1.165, 1.54) is 0 Å². The third-order valence-electron chi connectivity index (χ3n) is 0.830. The molecule has 0 radical (unpaired) electrons. The monoisotopic (exact) mass is 136 g/mol. The van der Waals surface area contributed by atoms with E-state index in [1.807, 2.05) is 6.92 Å². The summed E-state index contributed by atoms with van der Waals surface area (Å²) >= 11 is 0. The van der Waals surface area contributed by atoms with Crippen molar-refractivity contribution in [3.8, 4) is 0 Å². The van der Waals surface area contributed by atoms with Crippen LogP contribution in [0.2, 0.25) is 0 Å². The van der Waals surface area contributed by atoms with Crippen LogP contribution in [0.25, 0.3) is 0 Å². The van der Waals surface area contributed by atoms with Gasteiger partial charge in [0.15, 0.2) is 0 Å². The SMILES string of the molecule is CO[P@@]1OC[C@H](C)O1. The van der Waals surface area contributed by atoms with Crippen LogP contribution < -0.4 is 0 Å². The van der Waals surface area contributed by atoms with Gasteiger partial charge < -0.3 is 13.6 Å². The molecule has 1 aliphatic rings. The molecule has 0 bridgehead atoms. The Morgan fingerprint density at radius 3 is 2.75 bits per heavy atom. The van der Waals surface area contributed by atoms with Crippen LogP contribution >= 0.6 is 8.60 Å². The molecule has 1 aliphatic heterocycles. The summed E-state index contributed by atoms with van der Waals surface area (Å²) in [7, 11) is 0.605. The number of hydrogen-bond acceptors (Lipinski definition) is 3. The maximum Gasteiger partial charge on any atom is 0.332 e. The Labute approximate surface area is 49.9 Å². The second kappa shape index (κ2) is 2.74. The summed E-state index contributed by atoms with van der Waals surface area (Å²) in [5, 5.41) is 0. The van der Waals surface area contributed by atoms with Gasteiger partial charge in [0, 0.05) is 7.11 Å². The Kier molecular flexibility index (Phi) is 2.20. The van der Waals surface area contributed by atoms with Crippen molar-refractivity contribution in [1.29, 1.82) is 0 Å². The predicted molar refractivity (Wildman–Crippen MR) is 30.4 cm³/mol. The van der Waals surface area contributed by atoms with Crippen molar-refractivity contribution < 1.29 is 13.6 Å². The standard InChI is InChI=1S/C4H9O3P/c1-4-3-6-8(5-2)7-4/h4H,3H2,1-2H3/t4-,8-/m0/s1. The molecule has 0 saturated carbocycles. The first-order valence-corrected chi connectivity index (χ1v) is 3.56. The van der Waals surface area contributed by atoms with Gasteiger partial charge in [0.2, 0.25) is 0 Å². The van der Waals surface area contributed by atoms with E-state index in [9.17, 15) is 0 Å². The molecule has 0 aliphatic carbocycles. The summed E-state index contributed by atoms with van der Waals surface area (Å²) in [5.74, 6) is 0. The van der Waals surface area contributed by atoms with Crippen LogP contribution in [0.1, 0.15) is 6.92 Å². The van der Waals surface area contributed by atoms with Gasteiger partial charge in [-0.1, -0.05) is 0 Å². The van der Waals surface area contributed by atoms with E-state index in [-0.39, 0.29) is 6.10 Å². The van der Waals surface area contributed by atoms with Gasteiger partial charge >= 0.3 is 8.60 Å². The molecule has 8 heavy (non-hydrogen) atoms. The molecule has 1 heterocycles. The summed E-state index contributed by atoms with van der Waals surface area (Å²) in [6.45, 7) is 2.63. The zero-order valence-corrected chi connectivity index (χ0v) is 5.85. The van der Waals surface area contributed by atoms with E-state index < -0.39 is 8.60 Å². The van der Waals surface area contributed by atoms with Crippen LogP contribution in [0.5, 0.6) is 0 Å². The first-order valence-electron chi connectivity index (χ1n) is 2.47. The Morgan fingerprint density at radius 1 is 1.75 bits per heavy atom. The van der Waals surface area contributed by atoms with Gasteiger partial charge in [-0.2, -0.15) is 0 Å². The first-order chi connectivity index (χ1) is 3.83. The molecule has 3 nitrogen and oxygen atoms in total. The molecule has 0 aromatic carbocycles. The Hall–Kier alpha value is 0.310. The highest BCUT2D eigenvalue weighted by Gasteiger charge is 2.23. The van der Waals surface area contributed by atoms with E-state index in [2.05, 4.69) is 0 Å². The Morgan fingerprint density at radius 2 is 2.50 bits per heavy atom. The van der Waals surface area contributed by atoms with E-state index in [0.29, 0.717) is 6.61 Å². The molecule has 1 saturated heterocycles. The lowest BCUT2D eigenvalue weighted by Crippen LogP contribution is -1.99. The van der Waals surface area contributed by atoms with Gasteiger partial charge in [0.25, 0.3) is 0 Å². The fraction of sp³-hybridized carbons (Fsp3) is 1.00. The topological polar surface area (TPSA) is 27.7 Å². The van der Waals surface area contributed by atoms with Crippen LogP contribution in [0.15, 0.2) is 0 Å². The lowest BCUT2D eigenvalue weighted by atomic mass is 10.5. The summed E-state index contributed by atoms with van der Waals surface area (Å²) in [6.07, 6.45) is 0.209. The molecular formula is C4H9O3P. The van der Waals surface area contributed by atoms with Crippen LogP contribution in [0, 0.1) is 0 Å². The minimum atomic E-state index is -0.982. The maximum absolute atomic E-state index is 5.13. The van der Waals surface area contributed by atoms with E-state index in [0.717, 1.165) is 0 Å². The Balaban J connectivity index is 2.22. The second-order valence-corrected chi connectivity index (χ2v) is 2.90. The van der Waals surface area contributed by atoms with Crippen molar-refractivity contribution in [1.82, 2.24) is 0 Å². The van der Waals surface area contributed by atoms with Crippen molar-refractivity contribution in [2.24, 2.45) is 0 Å². The molecule has 2 atom stereocenters. The van der Waals surface area contributed by atoms with Gasteiger partial charge in [-0.05, 0) is 6.92 Å². The lowest BCUT2D eigenvalue weighted by molar-refractivity contribution is 0.248. The van der Waals surface area contributed by atoms with Gasteiger partial charge in [-0.25, -0.2) is 0 Å². The zero-order valence-electron chi connectivity index (χ0n) is 4.96. The largest absolute Gasteiger partial charge is 0.332 e. The van der Waals surface area contributed by atoms with Crippen LogP contribution in [-0.4, -0.2) is 19.8 Å². The molecule has 0 aromatic rings. The zero-order chi connectivity index (χ0) is 5.98. The third-order valence-corrected chi connectivity index (χ3v) is 2.02. The Bertz CT molecular complexity index is 77.7. The van der Waals surface area contributed by atoms with Crippen molar-refractivity contribution >= 4 is 8.60 Å². The summed E-state index contributed by atoms with van der Waals surface area (Å²) in [6, 6.07) is 0. The highest BCUT2D eigenvalue weighted by molar-refractivity contribution is 7.41. The highest BCUT2D eigenvalue weighted by Crippen LogP contribution is 2.44. The van der Waals surface area contributed by atoms with E-state index in [1.54, 1.807) is 7.11 Å². The fourth-order valence-electron chi connectivity index (χ4n) is 0.469. The normalized spacial score (nSPS) is 38.2. The minimum Gasteiger partial charge on any atom is -0.316 e. The predicted octanol–water partition coefficient (Wildman–Crippen LogP) is 1.29. The molecule has 1 fully saturated rings. The van der Waals surface area contributed by atoms with Crippen molar-refractivity contribution in [3.05, 3.63) is 0 Å². The smallest absolute Gasteiger partial charge is 0.316 e. The molecule has 0 N–H and O–H groups in total. The van der Waals surface area contributed by atoms with Gasteiger partial charge in [0.05, 0.1) is 12.7 Å². The maximum atomic E-state index is 5.13. The van der Waals surface area contributed by atoms with Crippen molar-refractivity contribution in [3.63, 3.8) is 0 Å². The minimum absolute atomic E-state index is 0.209. The van der Waals surface area contributed by atoms with Gasteiger partial charge in [0.1, 0.15) is 0 Å². The van der Waals surface area contributed by atoms with E-state index >= 15 is 0 Å². The van der Waals surface area contributed by atoms with E-state index in [4.69, 9.17) is 13.6 Å². The third kappa shape index (κ3) is 1.39. The molecule has 1 rings (SSSR count). The molecular weight excluding hydrogens is 127 g/mol. The van der Waals surface area contributed by atoms with Gasteiger partial charge in [-0.3, -0.25) is 0 Å². The molecule has 4 heteroatoms. The summed E-state index contributed by atoms with van der Waals surface area (Å²) in [4.78, 5) is 0. The molecule has 0 spiro atoms. The van der Waals surface area contributed by atoms with Gasteiger partial charge in [-0.15, -0.1) is 0 Å². The average molecular weight is 136 g/mol.